The van der Waals surface area contributed by atoms with E-state index in [1.54, 1.807) is 6.07 Å². The molecule has 0 unspecified atom stereocenters. The summed E-state index contributed by atoms with van der Waals surface area (Å²) >= 11 is 0. The number of carbonyl (C=O) groups is 1. The van der Waals surface area contributed by atoms with Crippen molar-refractivity contribution in [1.82, 2.24) is 5.16 Å². The van der Waals surface area contributed by atoms with Gasteiger partial charge in [0.25, 0.3) is 0 Å². The summed E-state index contributed by atoms with van der Waals surface area (Å²) in [5.41, 5.74) is 1.48. The normalized spacial score (nSPS) is 10.0. The van der Waals surface area contributed by atoms with Crippen LogP contribution in [-0.2, 0) is 17.6 Å². The van der Waals surface area contributed by atoms with E-state index in [0.717, 1.165) is 30.7 Å². The Morgan fingerprint density at radius 1 is 1.29 bits per heavy atom. The maximum atomic E-state index is 11.7. The molecule has 0 saturated heterocycles. The average molecular weight is 283 g/mol. The van der Waals surface area contributed by atoms with Gasteiger partial charge in [0.1, 0.15) is 5.76 Å². The predicted octanol–water partition coefficient (Wildman–Crippen LogP) is 3.09. The van der Waals surface area contributed by atoms with Gasteiger partial charge in [0.05, 0.1) is 18.2 Å². The van der Waals surface area contributed by atoms with Crippen molar-refractivity contribution in [2.75, 3.05) is 5.32 Å². The quantitative estimate of drug-likeness (QED) is 0.792. The van der Waals surface area contributed by atoms with Crippen molar-refractivity contribution in [3.05, 3.63) is 47.9 Å². The molecular formula is C16H17N3O2. The lowest BCUT2D eigenvalue weighted by Crippen LogP contribution is -2.10. The van der Waals surface area contributed by atoms with Crippen molar-refractivity contribution >= 4 is 11.6 Å². The van der Waals surface area contributed by atoms with E-state index in [1.807, 2.05) is 36.4 Å². The van der Waals surface area contributed by atoms with Gasteiger partial charge in [-0.05, 0) is 25.0 Å². The molecule has 0 bridgehead atoms. The number of aromatic nitrogens is 1. The van der Waals surface area contributed by atoms with Gasteiger partial charge in [-0.25, -0.2) is 0 Å². The second-order valence-corrected chi connectivity index (χ2v) is 4.74. The fraction of sp³-hybridized carbons (Fsp3) is 0.312. The number of carbonyl (C=O) groups excluding carboxylic acids is 1. The smallest absolute Gasteiger partial charge is 0.224 e. The zero-order valence-corrected chi connectivity index (χ0v) is 11.7. The van der Waals surface area contributed by atoms with Crippen LogP contribution in [0.25, 0.3) is 0 Å². The highest BCUT2D eigenvalue weighted by atomic mass is 16.5. The Kier molecular flexibility index (Phi) is 5.53. The molecule has 2 rings (SSSR count). The first-order valence-electron chi connectivity index (χ1n) is 6.94. The zero-order chi connectivity index (χ0) is 14.9. The molecule has 0 fully saturated rings. The average Bonchev–Trinajstić information content (AvgIpc) is 2.93. The minimum atomic E-state index is 0.0175. The number of nitrogens with one attached hydrogen (secondary N) is 1. The molecule has 1 amide bonds. The number of amides is 1. The minimum absolute atomic E-state index is 0.0175. The Labute approximate surface area is 123 Å². The number of anilines is 1. The fourth-order valence-corrected chi connectivity index (χ4v) is 1.97. The van der Waals surface area contributed by atoms with Crippen molar-refractivity contribution in [1.29, 1.82) is 5.26 Å². The van der Waals surface area contributed by atoms with Gasteiger partial charge in [0.15, 0.2) is 0 Å². The highest BCUT2D eigenvalue weighted by Gasteiger charge is 2.05. The maximum absolute atomic E-state index is 11.7. The Morgan fingerprint density at radius 3 is 2.86 bits per heavy atom. The summed E-state index contributed by atoms with van der Waals surface area (Å²) in [5, 5.41) is 15.2. The Bertz CT molecular complexity index is 614. The molecule has 1 aromatic carbocycles. The SMILES string of the molecule is N#CCc1cc(CCCCC(=O)Nc2ccccc2)on1. The van der Waals surface area contributed by atoms with Crippen LogP contribution in [0.15, 0.2) is 40.9 Å². The van der Waals surface area contributed by atoms with E-state index < -0.39 is 0 Å². The van der Waals surface area contributed by atoms with Crippen molar-refractivity contribution in [2.24, 2.45) is 0 Å². The summed E-state index contributed by atoms with van der Waals surface area (Å²) in [6, 6.07) is 13.2. The summed E-state index contributed by atoms with van der Waals surface area (Å²) < 4.78 is 5.12. The third-order valence-corrected chi connectivity index (χ3v) is 3.00. The molecular weight excluding hydrogens is 266 g/mol. The van der Waals surface area contributed by atoms with Crippen LogP contribution in [0.3, 0.4) is 0 Å². The highest BCUT2D eigenvalue weighted by Crippen LogP contribution is 2.10. The fourth-order valence-electron chi connectivity index (χ4n) is 1.97. The number of nitrogens with zero attached hydrogens (tertiary/aromatic N) is 2. The number of para-hydroxylation sites is 1. The zero-order valence-electron chi connectivity index (χ0n) is 11.7. The van der Waals surface area contributed by atoms with Gasteiger partial charge in [-0.3, -0.25) is 4.79 Å². The van der Waals surface area contributed by atoms with E-state index in [2.05, 4.69) is 10.5 Å². The molecule has 0 radical (unpaired) electrons. The molecule has 1 heterocycles. The van der Waals surface area contributed by atoms with E-state index in [0.29, 0.717) is 12.1 Å². The standard InChI is InChI=1S/C16H17N3O2/c17-11-10-14-12-15(21-19-14)8-4-5-9-16(20)18-13-6-2-1-3-7-13/h1-3,6-7,12H,4-5,8-10H2,(H,18,20). The van der Waals surface area contributed by atoms with Crippen molar-refractivity contribution < 1.29 is 9.32 Å². The first kappa shape index (κ1) is 14.8. The molecule has 0 atom stereocenters. The number of unbranched alkanes of at least 4 members (excludes halogenated alkanes) is 1. The second kappa shape index (κ2) is 7.85. The van der Waals surface area contributed by atoms with Gasteiger partial charge in [0, 0.05) is 24.6 Å². The lowest BCUT2D eigenvalue weighted by molar-refractivity contribution is -0.116. The van der Waals surface area contributed by atoms with E-state index >= 15 is 0 Å². The Hall–Kier alpha value is -2.61. The van der Waals surface area contributed by atoms with E-state index in [4.69, 9.17) is 9.78 Å². The number of rotatable bonds is 7. The van der Waals surface area contributed by atoms with Crippen LogP contribution in [-0.4, -0.2) is 11.1 Å². The molecule has 5 nitrogen and oxygen atoms in total. The second-order valence-electron chi connectivity index (χ2n) is 4.74. The molecule has 2 aromatic rings. The van der Waals surface area contributed by atoms with Gasteiger partial charge >= 0.3 is 0 Å². The molecule has 0 aliphatic rings. The van der Waals surface area contributed by atoms with E-state index in [1.165, 1.54) is 0 Å². The molecule has 1 N–H and O–H groups in total. The van der Waals surface area contributed by atoms with Crippen LogP contribution >= 0.6 is 0 Å². The summed E-state index contributed by atoms with van der Waals surface area (Å²) in [7, 11) is 0. The molecule has 0 spiro atoms. The molecule has 0 saturated carbocycles. The van der Waals surface area contributed by atoms with Gasteiger partial charge in [-0.15, -0.1) is 0 Å². The lowest BCUT2D eigenvalue weighted by atomic mass is 10.1. The summed E-state index contributed by atoms with van der Waals surface area (Å²) in [6.45, 7) is 0. The van der Waals surface area contributed by atoms with Crippen LogP contribution in [0.4, 0.5) is 5.69 Å². The highest BCUT2D eigenvalue weighted by molar-refractivity contribution is 5.90. The van der Waals surface area contributed by atoms with Crippen LogP contribution in [0.5, 0.6) is 0 Å². The number of hydrogen-bond acceptors (Lipinski definition) is 4. The van der Waals surface area contributed by atoms with Crippen molar-refractivity contribution in [3.63, 3.8) is 0 Å². The van der Waals surface area contributed by atoms with Crippen LogP contribution in [0.1, 0.15) is 30.7 Å². The first-order chi connectivity index (χ1) is 10.3. The molecule has 0 aliphatic carbocycles. The van der Waals surface area contributed by atoms with Crippen molar-refractivity contribution in [3.8, 4) is 6.07 Å². The summed E-state index contributed by atoms with van der Waals surface area (Å²) in [5.74, 6) is 0.785. The number of nitriles is 1. The number of aryl methyl sites for hydroxylation is 1. The predicted molar refractivity (Wildman–Crippen MR) is 78.4 cm³/mol. The third-order valence-electron chi connectivity index (χ3n) is 3.00. The summed E-state index contributed by atoms with van der Waals surface area (Å²) in [4.78, 5) is 11.7. The minimum Gasteiger partial charge on any atom is -0.361 e. The van der Waals surface area contributed by atoms with Crippen LogP contribution in [0.2, 0.25) is 0 Å². The van der Waals surface area contributed by atoms with Gasteiger partial charge in [0.2, 0.25) is 5.91 Å². The maximum Gasteiger partial charge on any atom is 0.224 e. The van der Waals surface area contributed by atoms with Gasteiger partial charge in [-0.2, -0.15) is 5.26 Å². The molecule has 1 aromatic heterocycles. The molecule has 5 heteroatoms. The topological polar surface area (TPSA) is 78.9 Å². The molecule has 21 heavy (non-hydrogen) atoms. The monoisotopic (exact) mass is 283 g/mol. The largest absolute Gasteiger partial charge is 0.361 e. The van der Waals surface area contributed by atoms with E-state index in [-0.39, 0.29) is 12.3 Å². The third kappa shape index (κ3) is 5.11. The van der Waals surface area contributed by atoms with Crippen LogP contribution < -0.4 is 5.32 Å². The van der Waals surface area contributed by atoms with E-state index in [9.17, 15) is 4.79 Å². The van der Waals surface area contributed by atoms with Gasteiger partial charge in [-0.1, -0.05) is 23.4 Å². The van der Waals surface area contributed by atoms with Gasteiger partial charge < -0.3 is 9.84 Å². The molecule has 108 valence electrons. The lowest BCUT2D eigenvalue weighted by Gasteiger charge is -2.04. The van der Waals surface area contributed by atoms with Crippen LogP contribution in [0, 0.1) is 11.3 Å². The Balaban J connectivity index is 1.65. The number of hydrogen-bond donors (Lipinski definition) is 1. The molecule has 0 aliphatic heterocycles. The Morgan fingerprint density at radius 2 is 2.10 bits per heavy atom. The van der Waals surface area contributed by atoms with Crippen molar-refractivity contribution in [2.45, 2.75) is 32.1 Å². The first-order valence-corrected chi connectivity index (χ1v) is 6.94. The summed E-state index contributed by atoms with van der Waals surface area (Å²) in [6.07, 6.45) is 3.12. The number of benzene rings is 1.